The van der Waals surface area contributed by atoms with Crippen molar-refractivity contribution in [2.24, 2.45) is 0 Å². The first-order valence-electron chi connectivity index (χ1n) is 8.76. The van der Waals surface area contributed by atoms with Gasteiger partial charge in [-0.3, -0.25) is 9.78 Å². The number of anilines is 2. The van der Waals surface area contributed by atoms with E-state index in [2.05, 4.69) is 15.6 Å². The minimum Gasteiger partial charge on any atom is -0.381 e. The molecule has 0 atom stereocenters. The summed E-state index contributed by atoms with van der Waals surface area (Å²) in [5, 5.41) is 6.19. The van der Waals surface area contributed by atoms with E-state index in [0.29, 0.717) is 12.2 Å². The first-order valence-corrected chi connectivity index (χ1v) is 8.76. The van der Waals surface area contributed by atoms with Gasteiger partial charge in [-0.2, -0.15) is 0 Å². The van der Waals surface area contributed by atoms with Gasteiger partial charge in [-0.1, -0.05) is 29.8 Å². The van der Waals surface area contributed by atoms with Crippen molar-refractivity contribution in [2.45, 2.75) is 27.3 Å². The van der Waals surface area contributed by atoms with E-state index < -0.39 is 0 Å². The lowest BCUT2D eigenvalue weighted by Gasteiger charge is -2.13. The third kappa shape index (κ3) is 4.70. The lowest BCUT2D eigenvalue weighted by atomic mass is 10.0. The quantitative estimate of drug-likeness (QED) is 0.670. The number of carbonyl (C=O) groups is 1. The maximum atomic E-state index is 13.0. The van der Waals surface area contributed by atoms with Crippen LogP contribution in [0.25, 0.3) is 0 Å². The lowest BCUT2D eigenvalue weighted by Crippen LogP contribution is -2.15. The summed E-state index contributed by atoms with van der Waals surface area (Å²) < 4.78 is 13.0. The molecule has 0 saturated heterocycles. The Bertz CT molecular complexity index is 945. The third-order valence-corrected chi connectivity index (χ3v) is 4.32. The predicted molar refractivity (Wildman–Crippen MR) is 107 cm³/mol. The number of hydrogen-bond donors (Lipinski definition) is 2. The molecular formula is C22H22FN3O. The third-order valence-electron chi connectivity index (χ3n) is 4.32. The largest absolute Gasteiger partial charge is 0.381 e. The number of carbonyl (C=O) groups excluding carboxylic acids is 1. The zero-order chi connectivity index (χ0) is 19.4. The molecule has 3 rings (SSSR count). The Morgan fingerprint density at radius 2 is 1.67 bits per heavy atom. The van der Waals surface area contributed by atoms with E-state index in [-0.39, 0.29) is 11.7 Å². The number of halogens is 1. The fourth-order valence-electron chi connectivity index (χ4n) is 3.03. The molecule has 1 heterocycles. The number of aryl methyl sites for hydroxylation is 3. The van der Waals surface area contributed by atoms with E-state index >= 15 is 0 Å². The highest BCUT2D eigenvalue weighted by atomic mass is 19.1. The molecule has 2 aromatic carbocycles. The normalized spacial score (nSPS) is 10.5. The van der Waals surface area contributed by atoms with Crippen molar-refractivity contribution in [1.29, 1.82) is 0 Å². The standard InChI is InChI=1S/C22H22FN3O/c1-14-10-15(2)21(16(3)11-14)26-22(27)20-12-19(8-9-24-20)25-13-17-4-6-18(23)7-5-17/h4-12H,13H2,1-3H3,(H,24,25)(H,26,27). The molecule has 27 heavy (non-hydrogen) atoms. The number of amides is 1. The summed E-state index contributed by atoms with van der Waals surface area (Å²) in [5.41, 5.74) is 6.07. The average Bonchev–Trinajstić information content (AvgIpc) is 2.64. The van der Waals surface area contributed by atoms with Crippen molar-refractivity contribution in [2.75, 3.05) is 10.6 Å². The lowest BCUT2D eigenvalue weighted by molar-refractivity contribution is 0.102. The molecule has 0 aliphatic rings. The van der Waals surface area contributed by atoms with Crippen LogP contribution in [0.5, 0.6) is 0 Å². The molecule has 0 fully saturated rings. The van der Waals surface area contributed by atoms with E-state index in [4.69, 9.17) is 0 Å². The van der Waals surface area contributed by atoms with Crippen molar-refractivity contribution in [3.63, 3.8) is 0 Å². The van der Waals surface area contributed by atoms with E-state index in [1.54, 1.807) is 30.5 Å². The molecule has 5 heteroatoms. The van der Waals surface area contributed by atoms with Crippen LogP contribution in [-0.2, 0) is 6.54 Å². The molecule has 1 aromatic heterocycles. The van der Waals surface area contributed by atoms with Gasteiger partial charge in [0.25, 0.3) is 5.91 Å². The van der Waals surface area contributed by atoms with Gasteiger partial charge in [0.1, 0.15) is 11.5 Å². The summed E-state index contributed by atoms with van der Waals surface area (Å²) in [6, 6.07) is 13.9. The van der Waals surface area contributed by atoms with Crippen LogP contribution in [0, 0.1) is 26.6 Å². The molecule has 0 spiro atoms. The Hall–Kier alpha value is -3.21. The molecule has 0 aliphatic heterocycles. The SMILES string of the molecule is Cc1cc(C)c(NC(=O)c2cc(NCc3ccc(F)cc3)ccn2)c(C)c1. The number of pyridine rings is 1. The van der Waals surface area contributed by atoms with Crippen LogP contribution in [0.15, 0.2) is 54.7 Å². The maximum absolute atomic E-state index is 13.0. The van der Waals surface area contributed by atoms with Crippen molar-refractivity contribution >= 4 is 17.3 Å². The minimum absolute atomic E-state index is 0.254. The Balaban J connectivity index is 1.71. The van der Waals surface area contributed by atoms with E-state index in [9.17, 15) is 9.18 Å². The van der Waals surface area contributed by atoms with Gasteiger partial charge in [0, 0.05) is 24.1 Å². The van der Waals surface area contributed by atoms with Crippen LogP contribution < -0.4 is 10.6 Å². The topological polar surface area (TPSA) is 54.0 Å². The summed E-state index contributed by atoms with van der Waals surface area (Å²) >= 11 is 0. The summed E-state index contributed by atoms with van der Waals surface area (Å²) in [6.45, 7) is 6.51. The van der Waals surface area contributed by atoms with Gasteiger partial charge in [0.05, 0.1) is 0 Å². The molecule has 0 bridgehead atoms. The van der Waals surface area contributed by atoms with Crippen molar-refractivity contribution in [3.8, 4) is 0 Å². The number of nitrogens with one attached hydrogen (secondary N) is 2. The van der Waals surface area contributed by atoms with Crippen LogP contribution in [0.2, 0.25) is 0 Å². The zero-order valence-electron chi connectivity index (χ0n) is 15.6. The zero-order valence-corrected chi connectivity index (χ0v) is 15.6. The van der Waals surface area contributed by atoms with Crippen molar-refractivity contribution < 1.29 is 9.18 Å². The summed E-state index contributed by atoms with van der Waals surface area (Å²) in [7, 11) is 0. The van der Waals surface area contributed by atoms with Gasteiger partial charge in [0.2, 0.25) is 0 Å². The van der Waals surface area contributed by atoms with Crippen LogP contribution in [0.3, 0.4) is 0 Å². The first kappa shape index (κ1) is 18.6. The van der Waals surface area contributed by atoms with Crippen molar-refractivity contribution in [3.05, 3.63) is 88.5 Å². The summed E-state index contributed by atoms with van der Waals surface area (Å²) in [6.07, 6.45) is 1.59. The molecule has 0 aliphatic carbocycles. The number of rotatable bonds is 5. The number of nitrogens with zero attached hydrogens (tertiary/aromatic N) is 1. The minimum atomic E-state index is -0.261. The van der Waals surface area contributed by atoms with Gasteiger partial charge in [-0.15, -0.1) is 0 Å². The molecule has 138 valence electrons. The number of hydrogen-bond acceptors (Lipinski definition) is 3. The second kappa shape index (κ2) is 7.99. The van der Waals surface area contributed by atoms with Gasteiger partial charge in [-0.25, -0.2) is 4.39 Å². The molecule has 1 amide bonds. The Kier molecular flexibility index (Phi) is 5.50. The van der Waals surface area contributed by atoms with E-state index in [1.165, 1.54) is 12.1 Å². The first-order chi connectivity index (χ1) is 12.9. The van der Waals surface area contributed by atoms with Crippen LogP contribution in [0.1, 0.15) is 32.7 Å². The fourth-order valence-corrected chi connectivity index (χ4v) is 3.03. The van der Waals surface area contributed by atoms with Gasteiger partial charge in [0.15, 0.2) is 0 Å². The highest BCUT2D eigenvalue weighted by Crippen LogP contribution is 2.22. The van der Waals surface area contributed by atoms with E-state index in [1.807, 2.05) is 32.9 Å². The van der Waals surface area contributed by atoms with E-state index in [0.717, 1.165) is 33.6 Å². The van der Waals surface area contributed by atoms with Crippen molar-refractivity contribution in [1.82, 2.24) is 4.98 Å². The summed E-state index contributed by atoms with van der Waals surface area (Å²) in [4.78, 5) is 16.8. The van der Waals surface area contributed by atoms with Gasteiger partial charge >= 0.3 is 0 Å². The monoisotopic (exact) mass is 363 g/mol. The highest BCUT2D eigenvalue weighted by Gasteiger charge is 2.12. The highest BCUT2D eigenvalue weighted by molar-refractivity contribution is 6.04. The van der Waals surface area contributed by atoms with Gasteiger partial charge < -0.3 is 10.6 Å². The molecular weight excluding hydrogens is 341 g/mol. The molecule has 0 saturated carbocycles. The number of benzene rings is 2. The van der Waals surface area contributed by atoms with Crippen LogP contribution in [-0.4, -0.2) is 10.9 Å². The Labute approximate surface area is 158 Å². The van der Waals surface area contributed by atoms with Crippen LogP contribution >= 0.6 is 0 Å². The maximum Gasteiger partial charge on any atom is 0.274 e. The molecule has 0 unspecified atom stereocenters. The van der Waals surface area contributed by atoms with Gasteiger partial charge in [-0.05, 0) is 61.7 Å². The Morgan fingerprint density at radius 1 is 1.00 bits per heavy atom. The molecule has 0 radical (unpaired) electrons. The Morgan fingerprint density at radius 3 is 2.33 bits per heavy atom. The second-order valence-corrected chi connectivity index (χ2v) is 6.64. The van der Waals surface area contributed by atoms with Crippen LogP contribution in [0.4, 0.5) is 15.8 Å². The molecule has 4 nitrogen and oxygen atoms in total. The average molecular weight is 363 g/mol. The molecule has 2 N–H and O–H groups in total. The predicted octanol–water partition coefficient (Wildman–Crippen LogP) is 5.01. The number of aromatic nitrogens is 1. The summed E-state index contributed by atoms with van der Waals surface area (Å²) in [5.74, 6) is -0.515. The smallest absolute Gasteiger partial charge is 0.274 e. The molecule has 3 aromatic rings. The fraction of sp³-hybridized carbons (Fsp3) is 0.182. The second-order valence-electron chi connectivity index (χ2n) is 6.64.